The van der Waals surface area contributed by atoms with Crippen LogP contribution in [0.2, 0.25) is 0 Å². The van der Waals surface area contributed by atoms with Crippen molar-refractivity contribution >= 4 is 0 Å². The van der Waals surface area contributed by atoms with Crippen molar-refractivity contribution in [3.05, 3.63) is 21.7 Å². The number of hydrogen-bond acceptors (Lipinski definition) is 3. The summed E-state index contributed by atoms with van der Waals surface area (Å²) in [6.45, 7) is 2.40. The van der Waals surface area contributed by atoms with Crippen LogP contribution < -0.4 is 5.56 Å². The molecule has 1 N–H and O–H groups in total. The van der Waals surface area contributed by atoms with Crippen LogP contribution >= 0.6 is 0 Å². The van der Waals surface area contributed by atoms with E-state index in [1.807, 2.05) is 19.0 Å². The second-order valence-electron chi connectivity index (χ2n) is 2.81. The summed E-state index contributed by atoms with van der Waals surface area (Å²) in [4.78, 5) is 12.9. The zero-order valence-electron chi connectivity index (χ0n) is 6.97. The Labute approximate surface area is 64.8 Å². The van der Waals surface area contributed by atoms with Gasteiger partial charge in [0.2, 0.25) is 0 Å². The molecule has 4 nitrogen and oxygen atoms in total. The van der Waals surface area contributed by atoms with Gasteiger partial charge in [-0.25, -0.2) is 0 Å². The Hall–Kier alpha value is -1.03. The average molecular weight is 156 g/mol. The summed E-state index contributed by atoms with van der Waals surface area (Å²) < 4.78 is 4.83. The summed E-state index contributed by atoms with van der Waals surface area (Å²) in [6, 6.07) is 0. The fraction of sp³-hybridized carbons (Fsp3) is 0.571. The summed E-state index contributed by atoms with van der Waals surface area (Å²) in [5.41, 5.74) is 0.575. The number of rotatable bonds is 2. The largest absolute Gasteiger partial charge is 0.383 e. The van der Waals surface area contributed by atoms with Crippen LogP contribution in [-0.2, 0) is 6.54 Å². The maximum absolute atomic E-state index is 11.0. The fourth-order valence-corrected chi connectivity index (χ4v) is 0.905. The zero-order valence-corrected chi connectivity index (χ0v) is 6.97. The maximum atomic E-state index is 11.0. The number of H-pyrrole nitrogens is 1. The molecule has 1 aromatic rings. The van der Waals surface area contributed by atoms with E-state index in [1.54, 1.807) is 6.92 Å². The summed E-state index contributed by atoms with van der Waals surface area (Å²) in [5, 5.41) is 2.29. The van der Waals surface area contributed by atoms with Crippen molar-refractivity contribution in [2.45, 2.75) is 13.5 Å². The molecule has 0 aliphatic heterocycles. The molecule has 0 fully saturated rings. The van der Waals surface area contributed by atoms with E-state index in [0.717, 1.165) is 0 Å². The Morgan fingerprint density at radius 2 is 2.18 bits per heavy atom. The van der Waals surface area contributed by atoms with Gasteiger partial charge in [0.15, 0.2) is 0 Å². The van der Waals surface area contributed by atoms with Crippen molar-refractivity contribution in [1.82, 2.24) is 10.1 Å². The van der Waals surface area contributed by atoms with Crippen molar-refractivity contribution < 1.29 is 4.52 Å². The summed E-state index contributed by atoms with van der Waals surface area (Å²) in [5.74, 6) is 0.670. The Morgan fingerprint density at radius 1 is 1.55 bits per heavy atom. The average Bonchev–Trinajstić information content (AvgIpc) is 2.18. The third-order valence-electron chi connectivity index (χ3n) is 1.47. The summed E-state index contributed by atoms with van der Waals surface area (Å²) >= 11 is 0. The molecule has 1 heterocycles. The van der Waals surface area contributed by atoms with Crippen LogP contribution in [0.15, 0.2) is 9.32 Å². The molecule has 11 heavy (non-hydrogen) atoms. The lowest BCUT2D eigenvalue weighted by Crippen LogP contribution is -2.17. The molecular weight excluding hydrogens is 144 g/mol. The van der Waals surface area contributed by atoms with E-state index in [0.29, 0.717) is 17.9 Å². The molecule has 0 aliphatic rings. The molecule has 0 aromatic carbocycles. The molecule has 1 aromatic heterocycles. The van der Waals surface area contributed by atoms with Gasteiger partial charge in [0, 0.05) is 6.54 Å². The molecular formula is C7H12N2O2. The molecule has 0 spiro atoms. The van der Waals surface area contributed by atoms with Gasteiger partial charge in [0.1, 0.15) is 5.76 Å². The number of nitrogens with one attached hydrogen (secondary N) is 1. The van der Waals surface area contributed by atoms with Crippen molar-refractivity contribution in [3.63, 3.8) is 0 Å². The molecule has 4 heteroatoms. The second kappa shape index (κ2) is 2.92. The fourth-order valence-electron chi connectivity index (χ4n) is 0.905. The lowest BCUT2D eigenvalue weighted by Gasteiger charge is -2.05. The summed E-state index contributed by atoms with van der Waals surface area (Å²) in [7, 11) is 3.82. The van der Waals surface area contributed by atoms with E-state index in [-0.39, 0.29) is 5.56 Å². The highest BCUT2D eigenvalue weighted by molar-refractivity contribution is 5.11. The first-order valence-corrected chi connectivity index (χ1v) is 3.43. The minimum Gasteiger partial charge on any atom is -0.383 e. The minimum absolute atomic E-state index is 0.129. The predicted molar refractivity (Wildman–Crippen MR) is 41.5 cm³/mol. The van der Waals surface area contributed by atoms with Gasteiger partial charge in [-0.05, 0) is 21.0 Å². The van der Waals surface area contributed by atoms with Crippen molar-refractivity contribution in [2.75, 3.05) is 14.1 Å². The van der Waals surface area contributed by atoms with Gasteiger partial charge in [-0.2, -0.15) is 5.16 Å². The van der Waals surface area contributed by atoms with Crippen molar-refractivity contribution in [3.8, 4) is 0 Å². The number of hydrogen-bond donors (Lipinski definition) is 1. The lowest BCUT2D eigenvalue weighted by molar-refractivity contribution is 0.379. The quantitative estimate of drug-likeness (QED) is 0.671. The standard InChI is InChI=1S/C7H12N2O2/c1-5-6(4-9(2)3)7(10)8-11-5/h4H2,1-3H3,(H,8,10). The maximum Gasteiger partial charge on any atom is 0.284 e. The van der Waals surface area contributed by atoms with E-state index in [4.69, 9.17) is 4.52 Å². The van der Waals surface area contributed by atoms with Crippen LogP contribution in [-0.4, -0.2) is 24.2 Å². The van der Waals surface area contributed by atoms with E-state index in [1.165, 1.54) is 0 Å². The van der Waals surface area contributed by atoms with Gasteiger partial charge in [-0.1, -0.05) is 0 Å². The molecule has 0 radical (unpaired) electrons. The van der Waals surface area contributed by atoms with E-state index in [9.17, 15) is 4.79 Å². The third kappa shape index (κ3) is 1.71. The smallest absolute Gasteiger partial charge is 0.284 e. The first-order chi connectivity index (χ1) is 5.11. The Balaban J connectivity index is 2.92. The first-order valence-electron chi connectivity index (χ1n) is 3.43. The van der Waals surface area contributed by atoms with Crippen LogP contribution in [0.5, 0.6) is 0 Å². The predicted octanol–water partition coefficient (Wildman–Crippen LogP) is 0.338. The van der Waals surface area contributed by atoms with Crippen LogP contribution in [0.4, 0.5) is 0 Å². The minimum atomic E-state index is -0.129. The van der Waals surface area contributed by atoms with Gasteiger partial charge in [-0.3, -0.25) is 4.79 Å². The van der Waals surface area contributed by atoms with Crippen LogP contribution in [0.3, 0.4) is 0 Å². The van der Waals surface area contributed by atoms with Gasteiger partial charge in [0.25, 0.3) is 5.56 Å². The van der Waals surface area contributed by atoms with E-state index >= 15 is 0 Å². The molecule has 0 aliphatic carbocycles. The SMILES string of the molecule is Cc1o[nH]c(=O)c1CN(C)C. The van der Waals surface area contributed by atoms with Gasteiger partial charge in [-0.15, -0.1) is 0 Å². The van der Waals surface area contributed by atoms with Crippen molar-refractivity contribution in [1.29, 1.82) is 0 Å². The number of nitrogens with zero attached hydrogens (tertiary/aromatic N) is 1. The number of aromatic nitrogens is 1. The molecule has 0 atom stereocenters. The van der Waals surface area contributed by atoms with Gasteiger partial charge in [0.05, 0.1) is 5.56 Å². The normalized spacial score (nSPS) is 10.9. The third-order valence-corrected chi connectivity index (χ3v) is 1.47. The second-order valence-corrected chi connectivity index (χ2v) is 2.81. The monoisotopic (exact) mass is 156 g/mol. The Bertz CT molecular complexity index is 285. The van der Waals surface area contributed by atoms with Crippen LogP contribution in [0, 0.1) is 6.92 Å². The Morgan fingerprint density at radius 3 is 2.55 bits per heavy atom. The van der Waals surface area contributed by atoms with Gasteiger partial charge < -0.3 is 9.42 Å². The molecule has 0 saturated carbocycles. The zero-order chi connectivity index (χ0) is 8.43. The molecule has 1 rings (SSSR count). The van der Waals surface area contributed by atoms with Crippen LogP contribution in [0.1, 0.15) is 11.3 Å². The topological polar surface area (TPSA) is 49.2 Å². The summed E-state index contributed by atoms with van der Waals surface area (Å²) in [6.07, 6.45) is 0. The Kier molecular flexibility index (Phi) is 2.14. The van der Waals surface area contributed by atoms with Crippen LogP contribution in [0.25, 0.3) is 0 Å². The first kappa shape index (κ1) is 8.07. The molecule has 62 valence electrons. The number of aryl methyl sites for hydroxylation is 1. The molecule has 0 saturated heterocycles. The molecule has 0 amide bonds. The molecule has 0 bridgehead atoms. The highest BCUT2D eigenvalue weighted by Crippen LogP contribution is 2.01. The van der Waals surface area contributed by atoms with Gasteiger partial charge >= 0.3 is 0 Å². The molecule has 0 unspecified atom stereocenters. The number of aromatic amines is 1. The highest BCUT2D eigenvalue weighted by atomic mass is 16.5. The lowest BCUT2D eigenvalue weighted by atomic mass is 10.2. The van der Waals surface area contributed by atoms with E-state index < -0.39 is 0 Å². The van der Waals surface area contributed by atoms with E-state index in [2.05, 4.69) is 5.16 Å². The van der Waals surface area contributed by atoms with Crippen molar-refractivity contribution in [2.24, 2.45) is 0 Å². The highest BCUT2D eigenvalue weighted by Gasteiger charge is 2.07.